The Labute approximate surface area is 130 Å². The van der Waals surface area contributed by atoms with Crippen molar-refractivity contribution in [2.75, 3.05) is 18.0 Å². The van der Waals surface area contributed by atoms with Crippen LogP contribution in [0.2, 0.25) is 0 Å². The molecule has 0 radical (unpaired) electrons. The molecule has 0 aliphatic carbocycles. The maximum atomic E-state index is 11.2. The van der Waals surface area contributed by atoms with Gasteiger partial charge in [-0.3, -0.25) is 4.68 Å². The molecule has 0 bridgehead atoms. The van der Waals surface area contributed by atoms with Crippen LogP contribution in [0.3, 0.4) is 0 Å². The molecule has 22 heavy (non-hydrogen) atoms. The number of rotatable bonds is 3. The lowest BCUT2D eigenvalue weighted by atomic mass is 10.0. The van der Waals surface area contributed by atoms with Gasteiger partial charge in [0.1, 0.15) is 0 Å². The van der Waals surface area contributed by atoms with Crippen molar-refractivity contribution in [3.05, 3.63) is 35.5 Å². The van der Waals surface area contributed by atoms with Crippen LogP contribution in [0.4, 0.5) is 5.69 Å². The van der Waals surface area contributed by atoms with E-state index in [0.717, 1.165) is 29.9 Å². The van der Waals surface area contributed by atoms with E-state index in [2.05, 4.69) is 35.1 Å². The largest absolute Gasteiger partial charge is 0.476 e. The van der Waals surface area contributed by atoms with E-state index in [1.165, 1.54) is 24.9 Å². The van der Waals surface area contributed by atoms with Gasteiger partial charge in [-0.2, -0.15) is 5.10 Å². The molecular weight excluding hydrogens is 278 g/mol. The van der Waals surface area contributed by atoms with E-state index in [4.69, 9.17) is 5.11 Å². The molecule has 0 amide bonds. The molecule has 0 atom stereocenters. The molecule has 2 aromatic rings. The van der Waals surface area contributed by atoms with E-state index < -0.39 is 5.97 Å². The zero-order valence-electron chi connectivity index (χ0n) is 13.0. The summed E-state index contributed by atoms with van der Waals surface area (Å²) in [6.45, 7) is 4.16. The standard InChI is InChI=1S/C17H21N3O2/c1-12-6-7-15(20-8-4-3-5-9-20)13(10-12)16-11-14(17(21)22)18-19(16)2/h6-7,10-11H,3-5,8-9H2,1-2H3,(H,21,22). The summed E-state index contributed by atoms with van der Waals surface area (Å²) in [5, 5.41) is 13.3. The first-order valence-electron chi connectivity index (χ1n) is 7.69. The second-order valence-electron chi connectivity index (χ2n) is 5.91. The second-order valence-corrected chi connectivity index (χ2v) is 5.91. The molecular formula is C17H21N3O2. The van der Waals surface area contributed by atoms with Crippen LogP contribution < -0.4 is 4.90 Å². The van der Waals surface area contributed by atoms with Crippen LogP contribution in [0.5, 0.6) is 0 Å². The average Bonchev–Trinajstić information content (AvgIpc) is 2.90. The Morgan fingerprint density at radius 1 is 1.18 bits per heavy atom. The first-order chi connectivity index (χ1) is 10.6. The van der Waals surface area contributed by atoms with E-state index >= 15 is 0 Å². The molecule has 1 fully saturated rings. The average molecular weight is 299 g/mol. The number of carboxylic acid groups (broad SMARTS) is 1. The molecule has 1 aliphatic heterocycles. The van der Waals surface area contributed by atoms with E-state index in [0.29, 0.717) is 0 Å². The molecule has 0 spiro atoms. The molecule has 116 valence electrons. The zero-order valence-corrected chi connectivity index (χ0v) is 13.0. The highest BCUT2D eigenvalue weighted by molar-refractivity contribution is 5.88. The quantitative estimate of drug-likeness (QED) is 0.946. The number of anilines is 1. The van der Waals surface area contributed by atoms with Crippen molar-refractivity contribution >= 4 is 11.7 Å². The molecule has 5 heteroatoms. The highest BCUT2D eigenvalue weighted by Crippen LogP contribution is 2.33. The number of aromatic carboxylic acids is 1. The van der Waals surface area contributed by atoms with Crippen LogP contribution in [0, 0.1) is 6.92 Å². The summed E-state index contributed by atoms with van der Waals surface area (Å²) in [5.74, 6) is -0.992. The van der Waals surface area contributed by atoms with Crippen molar-refractivity contribution in [1.82, 2.24) is 9.78 Å². The summed E-state index contributed by atoms with van der Waals surface area (Å²) < 4.78 is 1.66. The van der Waals surface area contributed by atoms with Crippen molar-refractivity contribution in [1.29, 1.82) is 0 Å². The monoisotopic (exact) mass is 299 g/mol. The first-order valence-corrected chi connectivity index (χ1v) is 7.69. The highest BCUT2D eigenvalue weighted by Gasteiger charge is 2.19. The molecule has 1 aliphatic rings. The van der Waals surface area contributed by atoms with Crippen LogP contribution in [-0.4, -0.2) is 33.9 Å². The lowest BCUT2D eigenvalue weighted by molar-refractivity contribution is 0.0689. The Morgan fingerprint density at radius 3 is 2.55 bits per heavy atom. The molecule has 1 saturated heterocycles. The molecule has 5 nitrogen and oxygen atoms in total. The van der Waals surface area contributed by atoms with Crippen LogP contribution in [0.25, 0.3) is 11.3 Å². The lowest BCUT2D eigenvalue weighted by Gasteiger charge is -2.30. The van der Waals surface area contributed by atoms with Gasteiger partial charge >= 0.3 is 5.97 Å². The molecule has 1 N–H and O–H groups in total. The van der Waals surface area contributed by atoms with Gasteiger partial charge in [0.05, 0.1) is 5.69 Å². The van der Waals surface area contributed by atoms with Gasteiger partial charge < -0.3 is 10.0 Å². The predicted octanol–water partition coefficient (Wildman–Crippen LogP) is 3.08. The maximum Gasteiger partial charge on any atom is 0.356 e. The third kappa shape index (κ3) is 2.71. The number of benzene rings is 1. The van der Waals surface area contributed by atoms with Gasteiger partial charge in [0.25, 0.3) is 0 Å². The minimum Gasteiger partial charge on any atom is -0.476 e. The van der Waals surface area contributed by atoms with Gasteiger partial charge in [-0.05, 0) is 44.4 Å². The second kappa shape index (κ2) is 5.83. The van der Waals surface area contributed by atoms with Gasteiger partial charge in [-0.15, -0.1) is 0 Å². The minimum atomic E-state index is -0.992. The third-order valence-electron chi connectivity index (χ3n) is 4.22. The fourth-order valence-electron chi connectivity index (χ4n) is 3.09. The Kier molecular flexibility index (Phi) is 3.88. The van der Waals surface area contributed by atoms with Crippen molar-refractivity contribution in [3.8, 4) is 11.3 Å². The molecule has 0 saturated carbocycles. The highest BCUT2D eigenvalue weighted by atomic mass is 16.4. The SMILES string of the molecule is Cc1ccc(N2CCCCC2)c(-c2cc(C(=O)O)nn2C)c1. The number of carboxylic acids is 1. The van der Waals surface area contributed by atoms with Gasteiger partial charge in [0.2, 0.25) is 0 Å². The minimum absolute atomic E-state index is 0.0867. The number of hydrogen-bond acceptors (Lipinski definition) is 3. The summed E-state index contributed by atoms with van der Waals surface area (Å²) in [5.41, 5.74) is 4.33. The fraction of sp³-hybridized carbons (Fsp3) is 0.412. The number of carbonyl (C=O) groups is 1. The smallest absolute Gasteiger partial charge is 0.356 e. The van der Waals surface area contributed by atoms with Gasteiger partial charge in [-0.25, -0.2) is 4.79 Å². The zero-order chi connectivity index (χ0) is 15.7. The summed E-state index contributed by atoms with van der Waals surface area (Å²) in [4.78, 5) is 13.6. The Bertz CT molecular complexity index is 700. The van der Waals surface area contributed by atoms with Crippen molar-refractivity contribution in [3.63, 3.8) is 0 Å². The lowest BCUT2D eigenvalue weighted by Crippen LogP contribution is -2.29. The number of hydrogen-bond donors (Lipinski definition) is 1. The molecule has 2 heterocycles. The number of piperidine rings is 1. The van der Waals surface area contributed by atoms with E-state index in [9.17, 15) is 4.79 Å². The van der Waals surface area contributed by atoms with Crippen LogP contribution >= 0.6 is 0 Å². The summed E-state index contributed by atoms with van der Waals surface area (Å²) >= 11 is 0. The summed E-state index contributed by atoms with van der Waals surface area (Å²) in [6.07, 6.45) is 3.70. The number of nitrogens with zero attached hydrogens (tertiary/aromatic N) is 3. The normalized spacial score (nSPS) is 15.1. The molecule has 3 rings (SSSR count). The first kappa shape index (κ1) is 14.6. The molecule has 1 aromatic carbocycles. The van der Waals surface area contributed by atoms with Crippen LogP contribution in [0.1, 0.15) is 35.3 Å². The van der Waals surface area contributed by atoms with Crippen molar-refractivity contribution < 1.29 is 9.90 Å². The molecule has 0 unspecified atom stereocenters. The topological polar surface area (TPSA) is 58.4 Å². The maximum absolute atomic E-state index is 11.2. The third-order valence-corrected chi connectivity index (χ3v) is 4.22. The fourth-order valence-corrected chi connectivity index (χ4v) is 3.09. The predicted molar refractivity (Wildman–Crippen MR) is 86.4 cm³/mol. The van der Waals surface area contributed by atoms with E-state index in [1.807, 2.05) is 0 Å². The molecule has 1 aromatic heterocycles. The Hall–Kier alpha value is -2.30. The summed E-state index contributed by atoms with van der Waals surface area (Å²) in [6, 6.07) is 8.03. The van der Waals surface area contributed by atoms with Gasteiger partial charge in [0, 0.05) is 31.4 Å². The van der Waals surface area contributed by atoms with Crippen LogP contribution in [-0.2, 0) is 7.05 Å². The van der Waals surface area contributed by atoms with E-state index in [1.54, 1.807) is 17.8 Å². The van der Waals surface area contributed by atoms with Crippen molar-refractivity contribution in [2.24, 2.45) is 7.05 Å². The number of aryl methyl sites for hydroxylation is 2. The van der Waals surface area contributed by atoms with Gasteiger partial charge in [-0.1, -0.05) is 11.6 Å². The van der Waals surface area contributed by atoms with Crippen LogP contribution in [0.15, 0.2) is 24.3 Å². The van der Waals surface area contributed by atoms with Crippen molar-refractivity contribution in [2.45, 2.75) is 26.2 Å². The van der Waals surface area contributed by atoms with Gasteiger partial charge in [0.15, 0.2) is 5.69 Å². The van der Waals surface area contributed by atoms with E-state index in [-0.39, 0.29) is 5.69 Å². The summed E-state index contributed by atoms with van der Waals surface area (Å²) in [7, 11) is 1.80. The Balaban J connectivity index is 2.09. The number of aromatic nitrogens is 2. The Morgan fingerprint density at radius 2 is 1.91 bits per heavy atom.